The van der Waals surface area contributed by atoms with E-state index in [4.69, 9.17) is 41.9 Å². The number of hydrogen-bond donors (Lipinski definition) is 11. The van der Waals surface area contributed by atoms with Crippen molar-refractivity contribution >= 4 is 202 Å². The fourth-order valence-electron chi connectivity index (χ4n) is 8.54. The van der Waals surface area contributed by atoms with Gasteiger partial charge < -0.3 is 32.9 Å². The molecule has 598 valence electrons. The van der Waals surface area contributed by atoms with Crippen molar-refractivity contribution in [2.75, 3.05) is 66.4 Å². The third-order valence-electron chi connectivity index (χ3n) is 13.6. The summed E-state index contributed by atoms with van der Waals surface area (Å²) in [5.74, 6) is -4.47. The van der Waals surface area contributed by atoms with Crippen molar-refractivity contribution < 1.29 is 137 Å². The number of carbonyl (C=O) groups is 1. The van der Waals surface area contributed by atoms with Crippen molar-refractivity contribution in [2.45, 2.75) is 46.1 Å². The van der Waals surface area contributed by atoms with Gasteiger partial charge in [-0.15, -0.1) is 40.1 Å². The van der Waals surface area contributed by atoms with Gasteiger partial charge in [0.1, 0.15) is 55.2 Å². The Labute approximate surface area is 646 Å². The zero-order chi connectivity index (χ0) is 82.8. The Hall–Kier alpha value is -9.90. The summed E-state index contributed by atoms with van der Waals surface area (Å²) in [4.78, 5) is 19.2. The highest BCUT2D eigenvalue weighted by molar-refractivity contribution is 8.04. The lowest BCUT2D eigenvalue weighted by Gasteiger charge is -2.20. The predicted molar refractivity (Wildman–Crippen MR) is 391 cm³/mol. The van der Waals surface area contributed by atoms with Crippen LogP contribution in [0.25, 0.3) is 0 Å². The Bertz CT molecular complexity index is 6080. The van der Waals surface area contributed by atoms with E-state index in [1.165, 1.54) is 72.5 Å². The number of benzene rings is 7. The third-order valence-corrected chi connectivity index (χ3v) is 23.3. The van der Waals surface area contributed by atoms with Crippen molar-refractivity contribution in [3.05, 3.63) is 121 Å². The van der Waals surface area contributed by atoms with E-state index in [0.29, 0.717) is 28.8 Å². The van der Waals surface area contributed by atoms with Gasteiger partial charge in [0.25, 0.3) is 20.2 Å². The number of rotatable bonds is 36. The highest BCUT2D eigenvalue weighted by atomic mass is 32.3. The number of azo groups is 5. The van der Waals surface area contributed by atoms with E-state index in [0.717, 1.165) is 54.2 Å². The molecule has 57 heteroatoms. The van der Waals surface area contributed by atoms with Crippen LogP contribution in [-0.4, -0.2) is 155 Å². The zero-order valence-corrected chi connectivity index (χ0v) is 64.5. The lowest BCUT2D eigenvalue weighted by molar-refractivity contribution is -0.432. The van der Waals surface area contributed by atoms with Crippen LogP contribution in [0.15, 0.2) is 206 Å². The van der Waals surface area contributed by atoms with E-state index in [-0.39, 0.29) is 57.7 Å². The van der Waals surface area contributed by atoms with E-state index in [1.54, 1.807) is 0 Å². The molecule has 7 aromatic rings. The molecule has 0 aliphatic rings. The number of nitrogen functional groups attached to an aromatic ring is 4. The van der Waals surface area contributed by atoms with Gasteiger partial charge in [-0.1, -0.05) is 30.2 Å². The first kappa shape index (κ1) is 89.3. The minimum absolute atomic E-state index is 0.00310. The molecule has 0 unspecified atom stereocenters. The number of thioether (sulfide) groups is 2. The highest BCUT2D eigenvalue weighted by Gasteiger charge is 2.30. The van der Waals surface area contributed by atoms with E-state index in [1.807, 2.05) is 12.2 Å². The number of sulfone groups is 3. The van der Waals surface area contributed by atoms with Crippen molar-refractivity contribution in [2.24, 2.45) is 51.1 Å². The summed E-state index contributed by atoms with van der Waals surface area (Å²) < 4.78 is 261. The molecule has 0 aliphatic heterocycles. The smallest absolute Gasteiger partial charge is 0.433 e. The number of nitrogens with two attached hydrogens (primary N) is 4. The van der Waals surface area contributed by atoms with Crippen LogP contribution in [0.3, 0.4) is 0 Å². The van der Waals surface area contributed by atoms with E-state index in [2.05, 4.69) is 93.6 Å². The van der Waals surface area contributed by atoms with Gasteiger partial charge in [0, 0.05) is 33.4 Å². The summed E-state index contributed by atoms with van der Waals surface area (Å²) in [5.41, 5.74) is 16.6. The lowest BCUT2D eigenvalue weighted by Crippen LogP contribution is -2.33. The van der Waals surface area contributed by atoms with Crippen LogP contribution in [0.1, 0.15) is 17.3 Å². The van der Waals surface area contributed by atoms with Gasteiger partial charge in [-0.05, 0) is 136 Å². The van der Waals surface area contributed by atoms with Crippen molar-refractivity contribution in [1.29, 1.82) is 0 Å². The molecule has 0 saturated heterocycles. The Kier molecular flexibility index (Phi) is 30.4. The molecule has 0 saturated carbocycles. The second-order valence-electron chi connectivity index (χ2n) is 21.0. The number of anilines is 4. The lowest BCUT2D eigenvalue weighted by atomic mass is 10.1. The molecule has 0 bridgehead atoms. The van der Waals surface area contributed by atoms with Gasteiger partial charge >= 0.3 is 37.2 Å². The molecule has 46 nitrogen and oxygen atoms in total. The van der Waals surface area contributed by atoms with Crippen LogP contribution in [0.5, 0.6) is 0 Å². The molecule has 0 atom stereocenters. The fraction of sp³-hybridized carbons (Fsp3) is 0.145. The number of carboxylic acid groups (broad SMARTS) is 1. The van der Waals surface area contributed by atoms with Crippen LogP contribution >= 0.6 is 35.6 Å². The van der Waals surface area contributed by atoms with Gasteiger partial charge in [0.05, 0.1) is 95.3 Å². The van der Waals surface area contributed by atoms with Crippen LogP contribution in [0, 0.1) is 22.7 Å². The minimum atomic E-state index is -5.53. The summed E-state index contributed by atoms with van der Waals surface area (Å²) in [6.45, 7) is -0.291. The molecule has 0 spiro atoms. The van der Waals surface area contributed by atoms with Gasteiger partial charge in [0.15, 0.2) is 41.7 Å². The summed E-state index contributed by atoms with van der Waals surface area (Å²) in [5, 5.41) is 67.5. The Morgan fingerprint density at radius 2 is 0.902 bits per heavy atom. The van der Waals surface area contributed by atoms with E-state index >= 15 is 0 Å². The highest BCUT2D eigenvalue weighted by Crippen LogP contribution is 2.50. The predicted octanol–water partition coefficient (Wildman–Crippen LogP) is 9.40. The molecule has 0 radical (unpaired) electrons. The van der Waals surface area contributed by atoms with Crippen LogP contribution in [0.2, 0.25) is 0 Å². The molecule has 0 heterocycles. The zero-order valence-electron chi connectivity index (χ0n) is 55.6. The van der Waals surface area contributed by atoms with Crippen molar-refractivity contribution in [1.82, 2.24) is 4.90 Å². The number of nitrogens with zero attached hydrogens (tertiary/aromatic N) is 11. The molecule has 0 amide bonds. The van der Waals surface area contributed by atoms with Crippen molar-refractivity contribution in [3.63, 3.8) is 0 Å². The van der Waals surface area contributed by atoms with E-state index < -0.39 is 204 Å². The van der Waals surface area contributed by atoms with Crippen molar-refractivity contribution in [3.8, 4) is 22.7 Å². The number of aromatic carboxylic acids is 1. The van der Waals surface area contributed by atoms with Crippen LogP contribution in [0.4, 0.5) is 79.6 Å². The van der Waals surface area contributed by atoms with E-state index in [9.17, 15) is 86.3 Å². The topological polar surface area (TPSA) is 727 Å². The average Bonchev–Trinajstić information content (AvgIpc) is 0.758. The Balaban J connectivity index is 1.14. The SMILES string of the molecule is CCN(CCS(=O)(=O)c1ccc(N=Nc2cc(S(=O)(=O)O)c(N)c(N=Nc3cccc(SC#COOS(=O)(=O)O)c3)c2N)c(SOOO)c1)CCS(=O)(=O)c1ccc(N=Nc2c(N)c(N=Nc3cccc(S(=O)(=O)CCOS(=O)(=O)O)c3)c(N)c(N=Nc3cccc(SC#COOS(=O)(=O)O)c3)c2C(=O)O)c(S(=O)(=O)O)c1. The maximum Gasteiger partial charge on any atom is 0.433 e. The fourth-order valence-corrected chi connectivity index (χ4v) is 15.9. The first-order chi connectivity index (χ1) is 52.3. The van der Waals surface area contributed by atoms with Crippen LogP contribution < -0.4 is 22.9 Å². The number of hydrogen-bond acceptors (Lipinski definition) is 43. The quantitative estimate of drug-likeness (QED) is 0.00254. The summed E-state index contributed by atoms with van der Waals surface area (Å²) in [6, 6.07) is 21.4. The van der Waals surface area contributed by atoms with Crippen LogP contribution in [-0.2, 0) is 113 Å². The van der Waals surface area contributed by atoms with Gasteiger partial charge in [-0.2, -0.15) is 57.4 Å². The van der Waals surface area contributed by atoms with Gasteiger partial charge in [0.2, 0.25) is 0 Å². The minimum Gasteiger partial charge on any atom is -0.478 e. The molecule has 112 heavy (non-hydrogen) atoms. The molecule has 7 rings (SSSR count). The second kappa shape index (κ2) is 38.1. The molecule has 0 aliphatic carbocycles. The molecule has 7 aromatic carbocycles. The molecular weight excluding hydrogens is 1720 g/mol. The maximum atomic E-state index is 14.0. The molecule has 0 aromatic heterocycles. The largest absolute Gasteiger partial charge is 0.478 e. The van der Waals surface area contributed by atoms with Gasteiger partial charge in [-0.3, -0.25) is 32.5 Å². The molecule has 15 N–H and O–H groups in total. The Morgan fingerprint density at radius 3 is 1.38 bits per heavy atom. The molecule has 0 fully saturated rings. The monoisotopic (exact) mass is 1770 g/mol. The van der Waals surface area contributed by atoms with Gasteiger partial charge in [-0.25, -0.2) is 39.5 Å². The number of carboxylic acids is 1. The summed E-state index contributed by atoms with van der Waals surface area (Å²) in [7, 11) is -39.1. The molecular formula is C55H51N15O31S11. The average molecular weight is 1770 g/mol. The standard InChI is InChI=1S/C55H51N15O31S11/c1-2-70(16-23-105(74,75)38-12-14-40(43(29-38)104-99-98-73)63-65-42-31-45(109(83,84)85)48(57)53(47(42)56)68-61-33-7-4-10-36(27-33)103-22-19-96-101-112(92,93)94)17-24-106(76,77)39-13-15-41(44(30-39)108(80,81)82)64-67-52-46(55(71)72)51(66-60-32-6-3-9-35(26-32)102-21-18-95-100-111(89,90)91)49(58)54(50(52)59)69-62-34-8-5-11-37(28-34)107(78,79)25-20-97-110(86,87)88/h3-15,26-31,73H,2,16-17,20,23-25,56-59H2,1H3,(H,71,72)(H,80,81,82)(H,83,84,85)(H,86,87,88)(H,89,90,91)(H,92,93,94). The first-order valence-electron chi connectivity index (χ1n) is 29.3. The second-order valence-corrected chi connectivity index (χ2v) is 35.6. The normalized spacial score (nSPS) is 12.8. The third kappa shape index (κ3) is 26.4. The summed E-state index contributed by atoms with van der Waals surface area (Å²) >= 11 is 1.64. The Morgan fingerprint density at radius 1 is 0.464 bits per heavy atom. The first-order valence-corrected chi connectivity index (χ1v) is 43.6. The summed E-state index contributed by atoms with van der Waals surface area (Å²) in [6.07, 6.45) is 3.67. The maximum absolute atomic E-state index is 14.0.